The Morgan fingerprint density at radius 2 is 2.07 bits per heavy atom. The maximum absolute atomic E-state index is 11.1. The second-order valence-electron chi connectivity index (χ2n) is 3.77. The first-order chi connectivity index (χ1) is 7.04. The first-order valence-corrected chi connectivity index (χ1v) is 5.50. The molecule has 1 aromatic rings. The second-order valence-corrected chi connectivity index (χ2v) is 4.03. The molecule has 0 aromatic heterocycles. The Bertz CT molecular complexity index is 363. The minimum Gasteiger partial charge on any atom is -0.349 e. The summed E-state index contributed by atoms with van der Waals surface area (Å²) >= 11 is 5.43. The lowest BCUT2D eigenvalue weighted by molar-refractivity contribution is -0.119. The van der Waals surface area contributed by atoms with E-state index in [1.807, 2.05) is 13.0 Å². The number of halogens is 1. The molecule has 0 aliphatic rings. The highest BCUT2D eigenvalue weighted by Crippen LogP contribution is 2.16. The average molecular weight is 226 g/mol. The maximum atomic E-state index is 11.1. The number of benzene rings is 1. The topological polar surface area (TPSA) is 29.1 Å². The van der Waals surface area contributed by atoms with Gasteiger partial charge in [-0.05, 0) is 37.5 Å². The molecule has 0 aliphatic heterocycles. The molecule has 1 rings (SSSR count). The molecule has 0 spiro atoms. The number of hydrogen-bond donors (Lipinski definition) is 1. The minimum atomic E-state index is -0.137. The number of hydrogen-bond acceptors (Lipinski definition) is 1. The van der Waals surface area contributed by atoms with Gasteiger partial charge in [-0.15, -0.1) is 11.6 Å². The van der Waals surface area contributed by atoms with Crippen molar-refractivity contribution in [1.82, 2.24) is 5.32 Å². The van der Waals surface area contributed by atoms with E-state index in [0.717, 1.165) is 5.56 Å². The molecule has 1 unspecified atom stereocenters. The van der Waals surface area contributed by atoms with E-state index < -0.39 is 0 Å². The number of rotatable bonds is 3. The monoisotopic (exact) mass is 225 g/mol. The molecule has 1 N–H and O–H groups in total. The summed E-state index contributed by atoms with van der Waals surface area (Å²) in [6, 6.07) is 6.19. The SMILES string of the molecule is Cc1ccc(C(C)NC(=O)CCl)cc1C. The third-order valence-electron chi connectivity index (χ3n) is 2.53. The molecule has 0 aliphatic carbocycles. The zero-order chi connectivity index (χ0) is 11.4. The van der Waals surface area contributed by atoms with Crippen molar-refractivity contribution >= 4 is 17.5 Å². The fraction of sp³-hybridized carbons (Fsp3) is 0.417. The largest absolute Gasteiger partial charge is 0.349 e. The Kier molecular flexibility index (Phi) is 4.15. The van der Waals surface area contributed by atoms with Crippen LogP contribution in [0.2, 0.25) is 0 Å². The molecule has 82 valence electrons. The molecule has 1 atom stereocenters. The van der Waals surface area contributed by atoms with Crippen LogP contribution >= 0.6 is 11.6 Å². The molecule has 1 amide bonds. The molecule has 2 nitrogen and oxygen atoms in total. The van der Waals surface area contributed by atoms with Gasteiger partial charge in [0.05, 0.1) is 6.04 Å². The van der Waals surface area contributed by atoms with Crippen LogP contribution in [0.4, 0.5) is 0 Å². The van der Waals surface area contributed by atoms with Crippen LogP contribution in [0.3, 0.4) is 0 Å². The van der Waals surface area contributed by atoms with Gasteiger partial charge in [0.1, 0.15) is 5.88 Å². The molecule has 0 saturated heterocycles. The van der Waals surface area contributed by atoms with Crippen molar-refractivity contribution in [3.8, 4) is 0 Å². The van der Waals surface area contributed by atoms with E-state index in [9.17, 15) is 4.79 Å². The smallest absolute Gasteiger partial charge is 0.235 e. The molecular formula is C12H16ClNO. The van der Waals surface area contributed by atoms with E-state index in [2.05, 4.69) is 31.3 Å². The van der Waals surface area contributed by atoms with Crippen molar-refractivity contribution in [3.05, 3.63) is 34.9 Å². The van der Waals surface area contributed by atoms with Crippen molar-refractivity contribution < 1.29 is 4.79 Å². The van der Waals surface area contributed by atoms with Crippen molar-refractivity contribution in [2.75, 3.05) is 5.88 Å². The third kappa shape index (κ3) is 3.24. The summed E-state index contributed by atoms with van der Waals surface area (Å²) in [4.78, 5) is 11.1. The summed E-state index contributed by atoms with van der Waals surface area (Å²) in [7, 11) is 0. The van der Waals surface area contributed by atoms with E-state index in [1.54, 1.807) is 0 Å². The molecule has 0 fully saturated rings. The van der Waals surface area contributed by atoms with Gasteiger partial charge in [-0.1, -0.05) is 18.2 Å². The Hall–Kier alpha value is -1.02. The summed E-state index contributed by atoms with van der Waals surface area (Å²) in [5.74, 6) is -0.128. The van der Waals surface area contributed by atoms with Crippen LogP contribution in [0.5, 0.6) is 0 Å². The van der Waals surface area contributed by atoms with Gasteiger partial charge in [0.25, 0.3) is 0 Å². The standard InChI is InChI=1S/C12H16ClNO/c1-8-4-5-11(6-9(8)2)10(3)14-12(15)7-13/h4-6,10H,7H2,1-3H3,(H,14,15). The van der Waals surface area contributed by atoms with Crippen LogP contribution in [0.25, 0.3) is 0 Å². The van der Waals surface area contributed by atoms with Crippen molar-refractivity contribution in [3.63, 3.8) is 0 Å². The highest BCUT2D eigenvalue weighted by molar-refractivity contribution is 6.27. The highest BCUT2D eigenvalue weighted by atomic mass is 35.5. The Morgan fingerprint density at radius 1 is 1.40 bits per heavy atom. The number of aryl methyl sites for hydroxylation is 2. The van der Waals surface area contributed by atoms with Crippen LogP contribution in [0.15, 0.2) is 18.2 Å². The van der Waals surface area contributed by atoms with E-state index in [1.165, 1.54) is 11.1 Å². The summed E-state index contributed by atoms with van der Waals surface area (Å²) in [6.45, 7) is 6.09. The first-order valence-electron chi connectivity index (χ1n) is 4.97. The summed E-state index contributed by atoms with van der Waals surface area (Å²) in [5.41, 5.74) is 3.60. The first kappa shape index (κ1) is 12.1. The Balaban J connectivity index is 2.78. The van der Waals surface area contributed by atoms with Gasteiger partial charge in [0, 0.05) is 0 Å². The van der Waals surface area contributed by atoms with Crippen molar-refractivity contribution in [2.24, 2.45) is 0 Å². The number of alkyl halides is 1. The average Bonchev–Trinajstić information content (AvgIpc) is 2.21. The summed E-state index contributed by atoms with van der Waals surface area (Å²) < 4.78 is 0. The molecule has 15 heavy (non-hydrogen) atoms. The molecule has 0 bridgehead atoms. The van der Waals surface area contributed by atoms with E-state index in [4.69, 9.17) is 11.6 Å². The summed E-state index contributed by atoms with van der Waals surface area (Å²) in [6.07, 6.45) is 0. The number of amides is 1. The van der Waals surface area contributed by atoms with Gasteiger partial charge in [-0.25, -0.2) is 0 Å². The summed E-state index contributed by atoms with van der Waals surface area (Å²) in [5, 5.41) is 2.82. The second kappa shape index (κ2) is 5.17. The minimum absolute atomic E-state index is 0.00911. The van der Waals surface area contributed by atoms with Crippen LogP contribution in [0, 0.1) is 13.8 Å². The zero-order valence-electron chi connectivity index (χ0n) is 9.30. The fourth-order valence-corrected chi connectivity index (χ4v) is 1.47. The van der Waals surface area contributed by atoms with Crippen LogP contribution in [0.1, 0.15) is 29.7 Å². The van der Waals surface area contributed by atoms with Gasteiger partial charge >= 0.3 is 0 Å². The molecule has 0 saturated carbocycles. The predicted molar refractivity (Wildman–Crippen MR) is 63.2 cm³/mol. The van der Waals surface area contributed by atoms with Gasteiger partial charge in [0.2, 0.25) is 5.91 Å². The lowest BCUT2D eigenvalue weighted by atomic mass is 10.0. The van der Waals surface area contributed by atoms with E-state index >= 15 is 0 Å². The number of carbonyl (C=O) groups is 1. The molecule has 0 heterocycles. The predicted octanol–water partition coefficient (Wildman–Crippen LogP) is 2.72. The van der Waals surface area contributed by atoms with Gasteiger partial charge in [-0.2, -0.15) is 0 Å². The van der Waals surface area contributed by atoms with Crippen LogP contribution in [-0.2, 0) is 4.79 Å². The van der Waals surface area contributed by atoms with E-state index in [-0.39, 0.29) is 17.8 Å². The molecule has 1 aromatic carbocycles. The Labute approximate surface area is 95.6 Å². The maximum Gasteiger partial charge on any atom is 0.235 e. The molecular weight excluding hydrogens is 210 g/mol. The number of nitrogens with one attached hydrogen (secondary N) is 1. The lowest BCUT2D eigenvalue weighted by Gasteiger charge is -2.14. The molecule has 0 radical (unpaired) electrons. The Morgan fingerprint density at radius 3 is 2.60 bits per heavy atom. The van der Waals surface area contributed by atoms with Crippen molar-refractivity contribution in [2.45, 2.75) is 26.8 Å². The van der Waals surface area contributed by atoms with Gasteiger partial charge in [0.15, 0.2) is 0 Å². The fourth-order valence-electron chi connectivity index (χ4n) is 1.40. The lowest BCUT2D eigenvalue weighted by Crippen LogP contribution is -2.27. The zero-order valence-corrected chi connectivity index (χ0v) is 10.1. The van der Waals surface area contributed by atoms with Gasteiger partial charge < -0.3 is 5.32 Å². The van der Waals surface area contributed by atoms with Crippen LogP contribution in [-0.4, -0.2) is 11.8 Å². The third-order valence-corrected chi connectivity index (χ3v) is 2.77. The molecule has 3 heteroatoms. The van der Waals surface area contributed by atoms with E-state index in [0.29, 0.717) is 0 Å². The number of carbonyl (C=O) groups excluding carboxylic acids is 1. The highest BCUT2D eigenvalue weighted by Gasteiger charge is 2.08. The quantitative estimate of drug-likeness (QED) is 0.788. The van der Waals surface area contributed by atoms with Crippen molar-refractivity contribution in [1.29, 1.82) is 0 Å². The van der Waals surface area contributed by atoms with Crippen LogP contribution < -0.4 is 5.32 Å². The normalized spacial score (nSPS) is 12.3. The van der Waals surface area contributed by atoms with Gasteiger partial charge in [-0.3, -0.25) is 4.79 Å².